The molecule has 3 aromatic rings. The van der Waals surface area contributed by atoms with Crippen molar-refractivity contribution in [3.8, 4) is 0 Å². The van der Waals surface area contributed by atoms with E-state index in [1.807, 2.05) is 24.3 Å². The summed E-state index contributed by atoms with van der Waals surface area (Å²) >= 11 is 0. The molecule has 8 N–H and O–H groups in total. The highest BCUT2D eigenvalue weighted by Gasteiger charge is 2.13. The van der Waals surface area contributed by atoms with Crippen LogP contribution in [0.4, 0.5) is 11.4 Å². The number of hydrogen-bond donors (Lipinski definition) is 6. The Balaban J connectivity index is 1.95. The van der Waals surface area contributed by atoms with E-state index in [9.17, 15) is 4.79 Å². The highest BCUT2D eigenvalue weighted by molar-refractivity contribution is 6.12. The van der Waals surface area contributed by atoms with E-state index in [-0.39, 0.29) is 17.7 Å². The van der Waals surface area contributed by atoms with Gasteiger partial charge in [-0.25, -0.2) is 0 Å². The number of fused-ring (bicyclic) bond motifs is 1. The highest BCUT2D eigenvalue weighted by atomic mass is 16.1. The van der Waals surface area contributed by atoms with E-state index in [2.05, 4.69) is 10.6 Å². The van der Waals surface area contributed by atoms with Gasteiger partial charge in [0, 0.05) is 16.8 Å². The number of carbonyl (C=O) groups excluding carboxylic acids is 1. The largest absolute Gasteiger partial charge is 0.384 e. The zero-order chi connectivity index (χ0) is 18.7. The fourth-order valence-corrected chi connectivity index (χ4v) is 2.65. The van der Waals surface area contributed by atoms with Crippen LogP contribution >= 0.6 is 0 Å². The van der Waals surface area contributed by atoms with Crippen LogP contribution in [0.1, 0.15) is 15.9 Å². The fraction of sp³-hybridized carbons (Fsp3) is 0. The van der Waals surface area contributed by atoms with Gasteiger partial charge in [0.2, 0.25) is 0 Å². The first-order valence-electron chi connectivity index (χ1n) is 7.83. The second kappa shape index (κ2) is 6.94. The van der Waals surface area contributed by atoms with Gasteiger partial charge >= 0.3 is 0 Å². The first kappa shape index (κ1) is 17.0. The lowest BCUT2D eigenvalue weighted by Crippen LogP contribution is -2.21. The highest BCUT2D eigenvalue weighted by Crippen LogP contribution is 2.24. The average Bonchev–Trinajstić information content (AvgIpc) is 2.60. The van der Waals surface area contributed by atoms with Gasteiger partial charge in [-0.3, -0.25) is 15.6 Å². The van der Waals surface area contributed by atoms with Gasteiger partial charge in [0.05, 0.1) is 5.69 Å². The lowest BCUT2D eigenvalue weighted by Gasteiger charge is -2.13. The van der Waals surface area contributed by atoms with E-state index in [1.54, 1.807) is 36.4 Å². The molecule has 0 saturated carbocycles. The van der Waals surface area contributed by atoms with Crippen molar-refractivity contribution in [2.24, 2.45) is 11.5 Å². The summed E-state index contributed by atoms with van der Waals surface area (Å²) in [5, 5.41) is 22.4. The molecule has 0 spiro atoms. The summed E-state index contributed by atoms with van der Waals surface area (Å²) in [5.41, 5.74) is 12.8. The minimum absolute atomic E-state index is 0.127. The lowest BCUT2D eigenvalue weighted by atomic mass is 10.0. The van der Waals surface area contributed by atoms with Gasteiger partial charge in [0.15, 0.2) is 5.96 Å². The molecule has 0 bridgehead atoms. The van der Waals surface area contributed by atoms with Crippen LogP contribution in [0.25, 0.3) is 10.8 Å². The maximum Gasteiger partial charge on any atom is 0.255 e. The minimum Gasteiger partial charge on any atom is -0.384 e. The van der Waals surface area contributed by atoms with Gasteiger partial charge in [-0.1, -0.05) is 30.3 Å². The summed E-state index contributed by atoms with van der Waals surface area (Å²) in [6.45, 7) is 0. The number of amides is 1. The first-order chi connectivity index (χ1) is 12.4. The Hall–Kier alpha value is -3.87. The quantitative estimate of drug-likeness (QED) is 0.319. The maximum atomic E-state index is 12.6. The molecular weight excluding hydrogens is 328 g/mol. The third kappa shape index (κ3) is 3.62. The van der Waals surface area contributed by atoms with Crippen LogP contribution in [0.3, 0.4) is 0 Å². The molecule has 0 radical (unpaired) electrons. The Morgan fingerprint density at radius 2 is 1.54 bits per heavy atom. The number of benzene rings is 3. The van der Waals surface area contributed by atoms with Gasteiger partial charge in [-0.2, -0.15) is 0 Å². The summed E-state index contributed by atoms with van der Waals surface area (Å²) < 4.78 is 0. The third-order valence-corrected chi connectivity index (χ3v) is 3.83. The molecule has 1 amide bonds. The Labute approximate surface area is 150 Å². The average molecular weight is 346 g/mol. The van der Waals surface area contributed by atoms with E-state index in [4.69, 9.17) is 22.3 Å². The molecule has 3 rings (SSSR count). The molecule has 130 valence electrons. The number of nitrogens with one attached hydrogen (secondary N) is 4. The summed E-state index contributed by atoms with van der Waals surface area (Å²) in [7, 11) is 0. The van der Waals surface area contributed by atoms with E-state index in [0.29, 0.717) is 22.5 Å². The maximum absolute atomic E-state index is 12.6. The molecule has 0 aliphatic carbocycles. The smallest absolute Gasteiger partial charge is 0.255 e. The summed E-state index contributed by atoms with van der Waals surface area (Å²) in [5.74, 6) is -0.691. The van der Waals surface area contributed by atoms with Crippen molar-refractivity contribution in [2.45, 2.75) is 0 Å². The van der Waals surface area contributed by atoms with Crippen molar-refractivity contribution in [3.63, 3.8) is 0 Å². The Morgan fingerprint density at radius 3 is 2.19 bits per heavy atom. The van der Waals surface area contributed by atoms with Crippen LogP contribution in [0.2, 0.25) is 0 Å². The Morgan fingerprint density at radius 1 is 0.846 bits per heavy atom. The molecule has 0 saturated heterocycles. The van der Waals surface area contributed by atoms with Crippen LogP contribution < -0.4 is 22.1 Å². The number of rotatable bonds is 4. The van der Waals surface area contributed by atoms with Crippen LogP contribution in [-0.2, 0) is 0 Å². The SMILES string of the molecule is N=C(N)Nc1cccc(C(=O)Nc2cc3ccccc3cc2C(=N)N)c1. The molecule has 0 aliphatic rings. The van der Waals surface area contributed by atoms with Crippen molar-refractivity contribution in [2.75, 3.05) is 10.6 Å². The molecule has 3 aromatic carbocycles. The number of guanidine groups is 1. The predicted octanol–water partition coefficient (Wildman–Crippen LogP) is 2.68. The minimum atomic E-state index is -0.352. The molecule has 0 atom stereocenters. The number of hydrogen-bond acceptors (Lipinski definition) is 3. The Kier molecular flexibility index (Phi) is 4.53. The van der Waals surface area contributed by atoms with Gasteiger partial charge in [-0.15, -0.1) is 0 Å². The van der Waals surface area contributed by atoms with Gasteiger partial charge in [-0.05, 0) is 41.1 Å². The molecular formula is C19H18N6O. The molecule has 0 fully saturated rings. The number of anilines is 2. The van der Waals surface area contributed by atoms with Crippen molar-refractivity contribution in [1.82, 2.24) is 0 Å². The van der Waals surface area contributed by atoms with E-state index < -0.39 is 0 Å². The third-order valence-electron chi connectivity index (χ3n) is 3.83. The molecule has 26 heavy (non-hydrogen) atoms. The second-order valence-electron chi connectivity index (χ2n) is 5.73. The van der Waals surface area contributed by atoms with Crippen molar-refractivity contribution < 1.29 is 4.79 Å². The van der Waals surface area contributed by atoms with Crippen LogP contribution in [-0.4, -0.2) is 17.7 Å². The van der Waals surface area contributed by atoms with E-state index >= 15 is 0 Å². The first-order valence-corrected chi connectivity index (χ1v) is 7.83. The molecule has 0 heterocycles. The molecule has 7 nitrogen and oxygen atoms in total. The normalized spacial score (nSPS) is 10.3. The summed E-state index contributed by atoms with van der Waals surface area (Å²) in [6, 6.07) is 17.8. The number of carbonyl (C=O) groups is 1. The van der Waals surface area contributed by atoms with Crippen LogP contribution in [0.15, 0.2) is 60.7 Å². The van der Waals surface area contributed by atoms with Crippen molar-refractivity contribution in [3.05, 3.63) is 71.8 Å². The number of nitrogens with two attached hydrogens (primary N) is 2. The van der Waals surface area contributed by atoms with E-state index in [0.717, 1.165) is 10.8 Å². The molecule has 7 heteroatoms. The van der Waals surface area contributed by atoms with Crippen LogP contribution in [0, 0.1) is 10.8 Å². The fourth-order valence-electron chi connectivity index (χ4n) is 2.65. The lowest BCUT2D eigenvalue weighted by molar-refractivity contribution is 0.102. The van der Waals surface area contributed by atoms with Gasteiger partial charge in [0.25, 0.3) is 5.91 Å². The van der Waals surface area contributed by atoms with E-state index in [1.165, 1.54) is 0 Å². The molecule has 0 aromatic heterocycles. The molecule has 0 unspecified atom stereocenters. The predicted molar refractivity (Wildman–Crippen MR) is 105 cm³/mol. The topological polar surface area (TPSA) is 141 Å². The Bertz CT molecular complexity index is 1030. The number of nitrogen functional groups attached to an aromatic ring is 1. The zero-order valence-corrected chi connectivity index (χ0v) is 13.8. The second-order valence-corrected chi connectivity index (χ2v) is 5.73. The zero-order valence-electron chi connectivity index (χ0n) is 13.8. The molecule has 0 aliphatic heterocycles. The van der Waals surface area contributed by atoms with Gasteiger partial charge < -0.3 is 22.1 Å². The number of amidine groups is 1. The summed E-state index contributed by atoms with van der Waals surface area (Å²) in [4.78, 5) is 12.6. The van der Waals surface area contributed by atoms with Gasteiger partial charge in [0.1, 0.15) is 5.84 Å². The summed E-state index contributed by atoms with van der Waals surface area (Å²) in [6.07, 6.45) is 0. The van der Waals surface area contributed by atoms with Crippen LogP contribution in [0.5, 0.6) is 0 Å². The monoisotopic (exact) mass is 346 g/mol. The van der Waals surface area contributed by atoms with Crippen molar-refractivity contribution in [1.29, 1.82) is 10.8 Å². The van der Waals surface area contributed by atoms with Crippen molar-refractivity contribution >= 4 is 39.8 Å². The standard InChI is InChI=1S/C19H18N6O/c20-17(21)15-9-11-4-1-2-5-12(11)10-16(15)25-18(26)13-6-3-7-14(8-13)24-19(22)23/h1-10H,(H3,20,21)(H,25,26)(H4,22,23,24).